The molecule has 0 amide bonds. The molecule has 0 saturated carbocycles. The molecule has 5 nitrogen and oxygen atoms in total. The zero-order chi connectivity index (χ0) is 5.41. The Labute approximate surface area is 83.8 Å². The Hall–Kier alpha value is 1.64. The van der Waals surface area contributed by atoms with E-state index in [1.807, 2.05) is 0 Å². The molecule has 0 aromatic rings. The largest absolute Gasteiger partial charge is 2.00 e. The molecule has 8 heavy (non-hydrogen) atoms. The smallest absolute Gasteiger partial charge is 0.544 e. The van der Waals surface area contributed by atoms with Crippen molar-refractivity contribution >= 4 is 37.7 Å². The molecule has 0 fully saturated rings. The van der Waals surface area contributed by atoms with Gasteiger partial charge in [0.15, 0.2) is 0 Å². The van der Waals surface area contributed by atoms with Gasteiger partial charge in [0.1, 0.15) is 0 Å². The third-order valence-corrected chi connectivity index (χ3v) is 0. The standard InChI is InChI=1S/Ca.2ClO2.H2O/c;2*2-1-3;/h;;;1H2/q+2;2*-1;. The van der Waals surface area contributed by atoms with Gasteiger partial charge in [-0.25, -0.2) is 0 Å². The van der Waals surface area contributed by atoms with E-state index in [0.29, 0.717) is 0 Å². The molecule has 0 aromatic heterocycles. The Kier molecular flexibility index (Phi) is 108. The van der Waals surface area contributed by atoms with Gasteiger partial charge in [0.25, 0.3) is 0 Å². The summed E-state index contributed by atoms with van der Waals surface area (Å²) >= 11 is -0.833. The zero-order valence-electron chi connectivity index (χ0n) is 3.60. The molecule has 48 valence electrons. The molecule has 0 aliphatic rings. The quantitative estimate of drug-likeness (QED) is 0.355. The molecule has 0 spiro atoms. The van der Waals surface area contributed by atoms with Crippen LogP contribution in [0.25, 0.3) is 0 Å². The van der Waals surface area contributed by atoms with Gasteiger partial charge in [-0.3, -0.25) is 0 Å². The van der Waals surface area contributed by atoms with E-state index >= 15 is 0 Å². The van der Waals surface area contributed by atoms with Crippen molar-refractivity contribution in [1.82, 2.24) is 0 Å². The minimum absolute atomic E-state index is 0. The van der Waals surface area contributed by atoms with Crippen LogP contribution in [-0.4, -0.2) is 43.2 Å². The van der Waals surface area contributed by atoms with Crippen molar-refractivity contribution in [2.45, 2.75) is 0 Å². The number of rotatable bonds is 0. The van der Waals surface area contributed by atoms with Crippen LogP contribution in [0.5, 0.6) is 0 Å². The van der Waals surface area contributed by atoms with E-state index in [-0.39, 0.29) is 43.2 Å². The summed E-state index contributed by atoms with van der Waals surface area (Å²) in [6, 6.07) is 0. The molecule has 0 radical (unpaired) electrons. The molecule has 0 heterocycles. The van der Waals surface area contributed by atoms with Crippen LogP contribution >= 0.6 is 0 Å². The van der Waals surface area contributed by atoms with Crippen LogP contribution in [0.3, 0.4) is 0 Å². The molecule has 2 N–H and O–H groups in total. The number of hydrogen-bond donors (Lipinski definition) is 0. The van der Waals surface area contributed by atoms with E-state index in [0.717, 1.165) is 0 Å². The molecule has 0 aromatic carbocycles. The van der Waals surface area contributed by atoms with E-state index in [1.165, 1.54) is 0 Å². The summed E-state index contributed by atoms with van der Waals surface area (Å²) in [5.41, 5.74) is 0. The second-order valence-corrected chi connectivity index (χ2v) is 0.378. The minimum atomic E-state index is -0.417. The van der Waals surface area contributed by atoms with E-state index < -0.39 is 22.7 Å². The molecular formula is H2CaCl2O5. The van der Waals surface area contributed by atoms with Crippen LogP contribution < -0.4 is 18.6 Å². The second-order valence-electron chi connectivity index (χ2n) is 0.126. The maximum atomic E-state index is 8.24. The van der Waals surface area contributed by atoms with E-state index in [1.54, 1.807) is 0 Å². The van der Waals surface area contributed by atoms with Gasteiger partial charge in [0.2, 0.25) is 0 Å². The molecule has 0 aliphatic heterocycles. The fourth-order valence-corrected chi connectivity index (χ4v) is 0. The monoisotopic (exact) mass is 192 g/mol. The zero-order valence-corrected chi connectivity index (χ0v) is 7.32. The van der Waals surface area contributed by atoms with Crippen molar-refractivity contribution in [2.75, 3.05) is 0 Å². The van der Waals surface area contributed by atoms with E-state index in [4.69, 9.17) is 18.6 Å². The van der Waals surface area contributed by atoms with Gasteiger partial charge in [0.05, 0.1) is 22.7 Å². The Morgan fingerprint density at radius 1 is 0.750 bits per heavy atom. The average Bonchev–Trinajstić information content (AvgIpc) is 1.39. The Morgan fingerprint density at radius 2 is 0.750 bits per heavy atom. The third kappa shape index (κ3) is 125. The average molecular weight is 193 g/mol. The molecule has 0 unspecified atom stereocenters. The fourth-order valence-electron chi connectivity index (χ4n) is 0. The van der Waals surface area contributed by atoms with E-state index in [9.17, 15) is 0 Å². The summed E-state index contributed by atoms with van der Waals surface area (Å²) in [6.07, 6.45) is 0. The Bertz CT molecular complexity index is 12.4. The van der Waals surface area contributed by atoms with E-state index in [2.05, 4.69) is 0 Å². The summed E-state index contributed by atoms with van der Waals surface area (Å²) in [4.78, 5) is 0. The predicted octanol–water partition coefficient (Wildman–Crippen LogP) is -5.96. The summed E-state index contributed by atoms with van der Waals surface area (Å²) in [5.74, 6) is 0. The first-order chi connectivity index (χ1) is 2.83. The van der Waals surface area contributed by atoms with Crippen molar-refractivity contribution in [2.24, 2.45) is 0 Å². The van der Waals surface area contributed by atoms with Crippen molar-refractivity contribution in [3.63, 3.8) is 0 Å². The fraction of sp³-hybridized carbons (Fsp3) is 0. The SMILES string of the molecule is O.[Ca+2].[O-][Cl+][O-].[O-][Cl+][O-]. The Morgan fingerprint density at radius 3 is 0.750 bits per heavy atom. The first-order valence-electron chi connectivity index (χ1n) is 0.617. The van der Waals surface area contributed by atoms with Gasteiger partial charge < -0.3 is 24.1 Å². The summed E-state index contributed by atoms with van der Waals surface area (Å²) in [7, 11) is 0. The summed E-state index contributed by atoms with van der Waals surface area (Å²) in [5, 5.41) is 0. The van der Waals surface area contributed by atoms with Crippen LogP contribution in [0.15, 0.2) is 0 Å². The molecule has 0 atom stereocenters. The van der Waals surface area contributed by atoms with Gasteiger partial charge in [0, 0.05) is 0 Å². The van der Waals surface area contributed by atoms with Crippen molar-refractivity contribution in [3.8, 4) is 0 Å². The number of halogens is 2. The first kappa shape index (κ1) is 22.6. The first-order valence-corrected chi connectivity index (χ1v) is 1.85. The molecule has 0 aliphatic carbocycles. The maximum Gasteiger partial charge on any atom is 2.00 e. The topological polar surface area (TPSA) is 124 Å². The van der Waals surface area contributed by atoms with Crippen LogP contribution in [0, 0.1) is 22.7 Å². The van der Waals surface area contributed by atoms with Crippen molar-refractivity contribution in [1.29, 1.82) is 0 Å². The minimum Gasteiger partial charge on any atom is -0.544 e. The molecule has 0 saturated heterocycles. The molecular weight excluding hydrogens is 191 g/mol. The van der Waals surface area contributed by atoms with Crippen LogP contribution in [0.4, 0.5) is 0 Å². The molecule has 8 heteroatoms. The van der Waals surface area contributed by atoms with Gasteiger partial charge in [-0.05, 0) is 0 Å². The summed E-state index contributed by atoms with van der Waals surface area (Å²) in [6.45, 7) is 0. The molecule has 0 bridgehead atoms. The predicted molar refractivity (Wildman–Crippen MR) is 9.37 cm³/mol. The number of hydrogen-bond acceptors (Lipinski definition) is 4. The summed E-state index contributed by atoms with van der Waals surface area (Å²) < 4.78 is 32.9. The van der Waals surface area contributed by atoms with Gasteiger partial charge in [-0.15, -0.1) is 0 Å². The second kappa shape index (κ2) is 38.1. The van der Waals surface area contributed by atoms with Gasteiger partial charge >= 0.3 is 37.7 Å². The third-order valence-electron chi connectivity index (χ3n) is 0. The Balaban J connectivity index is -0.0000000160. The van der Waals surface area contributed by atoms with Gasteiger partial charge in [-0.2, -0.15) is 0 Å². The normalized spacial score (nSPS) is 4.50. The van der Waals surface area contributed by atoms with Crippen molar-refractivity contribution < 1.29 is 46.8 Å². The molecule has 0 rings (SSSR count). The van der Waals surface area contributed by atoms with Crippen LogP contribution in [-0.2, 0) is 0 Å². The van der Waals surface area contributed by atoms with Crippen LogP contribution in [0.2, 0.25) is 0 Å². The van der Waals surface area contributed by atoms with Gasteiger partial charge in [-0.1, -0.05) is 0 Å². The maximum absolute atomic E-state index is 8.24. The van der Waals surface area contributed by atoms with Crippen LogP contribution in [0.1, 0.15) is 0 Å². The van der Waals surface area contributed by atoms with Crippen molar-refractivity contribution in [3.05, 3.63) is 0 Å².